The third-order valence-corrected chi connectivity index (χ3v) is 1.77. The Balaban J connectivity index is 3.04. The van der Waals surface area contributed by atoms with Crippen LogP contribution in [0.5, 0.6) is 5.75 Å². The first-order valence-electron chi connectivity index (χ1n) is 4.25. The lowest BCUT2D eigenvalue weighted by Gasteiger charge is -2.10. The minimum absolute atomic E-state index is 0.277. The average Bonchev–Trinajstić information content (AvgIpc) is 2.20. The number of halogens is 1. The zero-order chi connectivity index (χ0) is 12.3. The number of benzene rings is 1. The number of ether oxygens (including phenoxy) is 1. The van der Waals surface area contributed by atoms with Crippen LogP contribution in [-0.2, 0) is 4.79 Å². The second kappa shape index (κ2) is 4.56. The van der Waals surface area contributed by atoms with E-state index in [-0.39, 0.29) is 5.75 Å². The topological polar surface area (TPSA) is 89.7 Å². The van der Waals surface area contributed by atoms with Gasteiger partial charge in [0, 0.05) is 0 Å². The van der Waals surface area contributed by atoms with Crippen LogP contribution in [0.25, 0.3) is 0 Å². The molecular weight excluding hydrogens is 221 g/mol. The summed E-state index contributed by atoms with van der Waals surface area (Å²) >= 11 is 0. The number of nitro groups is 1. The second-order valence-corrected chi connectivity index (χ2v) is 2.97. The van der Waals surface area contributed by atoms with Crippen molar-refractivity contribution < 1.29 is 24.0 Å². The second-order valence-electron chi connectivity index (χ2n) is 2.97. The lowest BCUT2D eigenvalue weighted by molar-refractivity contribution is -0.386. The lowest BCUT2D eigenvalue weighted by atomic mass is 10.3. The summed E-state index contributed by atoms with van der Waals surface area (Å²) in [5.41, 5.74) is -0.604. The molecule has 0 amide bonds. The zero-order valence-electron chi connectivity index (χ0n) is 8.21. The number of hydrogen-bond acceptors (Lipinski definition) is 4. The van der Waals surface area contributed by atoms with Crippen molar-refractivity contribution in [3.05, 3.63) is 34.1 Å². The van der Waals surface area contributed by atoms with Gasteiger partial charge in [0.1, 0.15) is 5.82 Å². The van der Waals surface area contributed by atoms with Crippen LogP contribution in [0.15, 0.2) is 18.2 Å². The predicted octanol–water partition coefficient (Wildman–Crippen LogP) is 1.59. The minimum Gasteiger partial charge on any atom is -0.479 e. The number of aliphatic carboxylic acids is 1. The van der Waals surface area contributed by atoms with Gasteiger partial charge in [0.2, 0.25) is 0 Å². The molecule has 7 heteroatoms. The maximum absolute atomic E-state index is 12.7. The lowest BCUT2D eigenvalue weighted by Crippen LogP contribution is -2.23. The van der Waals surface area contributed by atoms with Crippen LogP contribution in [-0.4, -0.2) is 22.1 Å². The molecule has 0 saturated heterocycles. The highest BCUT2D eigenvalue weighted by Crippen LogP contribution is 2.28. The number of carbonyl (C=O) groups is 1. The molecule has 0 radical (unpaired) electrons. The van der Waals surface area contributed by atoms with E-state index < -0.39 is 28.5 Å². The van der Waals surface area contributed by atoms with Crippen molar-refractivity contribution in [2.24, 2.45) is 0 Å². The van der Waals surface area contributed by atoms with Crippen molar-refractivity contribution in [3.8, 4) is 5.75 Å². The van der Waals surface area contributed by atoms with Crippen LogP contribution in [0.1, 0.15) is 6.92 Å². The molecule has 1 aromatic carbocycles. The molecule has 0 aliphatic rings. The maximum atomic E-state index is 12.7. The van der Waals surface area contributed by atoms with Gasteiger partial charge in [0.15, 0.2) is 11.9 Å². The Morgan fingerprint density at radius 2 is 2.25 bits per heavy atom. The smallest absolute Gasteiger partial charge is 0.344 e. The normalized spacial score (nSPS) is 11.9. The highest BCUT2D eigenvalue weighted by molar-refractivity contribution is 5.72. The number of rotatable bonds is 4. The van der Waals surface area contributed by atoms with Crippen LogP contribution in [0.4, 0.5) is 10.1 Å². The Labute approximate surface area is 89.4 Å². The van der Waals surface area contributed by atoms with E-state index in [4.69, 9.17) is 9.84 Å². The van der Waals surface area contributed by atoms with Gasteiger partial charge in [-0.15, -0.1) is 0 Å². The molecular formula is C9H8FNO5. The van der Waals surface area contributed by atoms with Crippen LogP contribution < -0.4 is 4.74 Å². The van der Waals surface area contributed by atoms with Crippen molar-refractivity contribution in [2.45, 2.75) is 13.0 Å². The van der Waals surface area contributed by atoms with Gasteiger partial charge in [-0.3, -0.25) is 10.1 Å². The van der Waals surface area contributed by atoms with Crippen molar-refractivity contribution in [3.63, 3.8) is 0 Å². The fraction of sp³-hybridized carbons (Fsp3) is 0.222. The Kier molecular flexibility index (Phi) is 3.39. The summed E-state index contributed by atoms with van der Waals surface area (Å²) in [7, 11) is 0. The third kappa shape index (κ3) is 2.66. The standard InChI is InChI=1S/C9H8FNO5/c1-5(9(12)13)16-8-3-2-6(10)4-7(8)11(14)15/h2-5H,1H3,(H,12,13). The van der Waals surface area contributed by atoms with E-state index in [1.165, 1.54) is 6.92 Å². The monoisotopic (exact) mass is 229 g/mol. The molecule has 0 heterocycles. The van der Waals surface area contributed by atoms with E-state index in [1.54, 1.807) is 0 Å². The van der Waals surface area contributed by atoms with Gasteiger partial charge in [-0.25, -0.2) is 9.18 Å². The molecule has 1 atom stereocenters. The summed E-state index contributed by atoms with van der Waals surface area (Å²) in [5.74, 6) is -2.33. The fourth-order valence-electron chi connectivity index (χ4n) is 0.974. The molecule has 0 saturated carbocycles. The molecule has 0 bridgehead atoms. The number of hydrogen-bond donors (Lipinski definition) is 1. The van der Waals surface area contributed by atoms with Gasteiger partial charge >= 0.3 is 11.7 Å². The molecule has 0 aromatic heterocycles. The summed E-state index contributed by atoms with van der Waals surface area (Å²) in [6.07, 6.45) is -1.25. The molecule has 0 spiro atoms. The molecule has 0 fully saturated rings. The first kappa shape index (κ1) is 11.9. The van der Waals surface area contributed by atoms with E-state index in [1.807, 2.05) is 0 Å². The molecule has 1 N–H and O–H groups in total. The molecule has 0 aliphatic heterocycles. The van der Waals surface area contributed by atoms with Crippen LogP contribution in [0.3, 0.4) is 0 Å². The van der Waals surface area contributed by atoms with Crippen molar-refractivity contribution >= 4 is 11.7 Å². The Bertz CT molecular complexity index is 434. The van der Waals surface area contributed by atoms with Gasteiger partial charge in [0.25, 0.3) is 0 Å². The van der Waals surface area contributed by atoms with Crippen molar-refractivity contribution in [1.29, 1.82) is 0 Å². The molecule has 86 valence electrons. The molecule has 0 aliphatic carbocycles. The summed E-state index contributed by atoms with van der Waals surface area (Å²) in [6.45, 7) is 1.22. The highest BCUT2D eigenvalue weighted by Gasteiger charge is 2.21. The largest absolute Gasteiger partial charge is 0.479 e. The van der Waals surface area contributed by atoms with E-state index in [9.17, 15) is 19.3 Å². The van der Waals surface area contributed by atoms with E-state index in [0.29, 0.717) is 6.07 Å². The Morgan fingerprint density at radius 1 is 1.62 bits per heavy atom. The van der Waals surface area contributed by atoms with Crippen LogP contribution in [0, 0.1) is 15.9 Å². The Hall–Kier alpha value is -2.18. The first-order valence-corrected chi connectivity index (χ1v) is 4.25. The zero-order valence-corrected chi connectivity index (χ0v) is 8.21. The van der Waals surface area contributed by atoms with Crippen LogP contribution in [0.2, 0.25) is 0 Å². The number of carboxylic acid groups (broad SMARTS) is 1. The summed E-state index contributed by atoms with van der Waals surface area (Å²) in [5, 5.41) is 19.1. The SMILES string of the molecule is CC(Oc1ccc(F)cc1[N+](=O)[O-])C(=O)O. The maximum Gasteiger partial charge on any atom is 0.344 e. The van der Waals surface area contributed by atoms with Crippen molar-refractivity contribution in [2.75, 3.05) is 0 Å². The molecule has 1 rings (SSSR count). The van der Waals surface area contributed by atoms with E-state index in [2.05, 4.69) is 0 Å². The summed E-state index contributed by atoms with van der Waals surface area (Å²) in [4.78, 5) is 20.2. The van der Waals surface area contributed by atoms with Crippen LogP contribution >= 0.6 is 0 Å². The molecule has 16 heavy (non-hydrogen) atoms. The van der Waals surface area contributed by atoms with Gasteiger partial charge in [-0.2, -0.15) is 0 Å². The van der Waals surface area contributed by atoms with E-state index in [0.717, 1.165) is 12.1 Å². The predicted molar refractivity (Wildman–Crippen MR) is 50.8 cm³/mol. The highest BCUT2D eigenvalue weighted by atomic mass is 19.1. The Morgan fingerprint density at radius 3 is 2.75 bits per heavy atom. The average molecular weight is 229 g/mol. The van der Waals surface area contributed by atoms with Gasteiger partial charge in [-0.05, 0) is 19.1 Å². The molecule has 6 nitrogen and oxygen atoms in total. The third-order valence-electron chi connectivity index (χ3n) is 1.77. The van der Waals surface area contributed by atoms with E-state index >= 15 is 0 Å². The molecule has 1 aromatic rings. The summed E-state index contributed by atoms with van der Waals surface area (Å²) in [6, 6.07) is 2.65. The molecule has 1 unspecified atom stereocenters. The first-order chi connectivity index (χ1) is 7.41. The van der Waals surface area contributed by atoms with Gasteiger partial charge < -0.3 is 9.84 Å². The quantitative estimate of drug-likeness (QED) is 0.625. The minimum atomic E-state index is -1.27. The summed E-state index contributed by atoms with van der Waals surface area (Å²) < 4.78 is 17.5. The van der Waals surface area contributed by atoms with Gasteiger partial charge in [0.05, 0.1) is 11.0 Å². The number of carboxylic acids is 1. The van der Waals surface area contributed by atoms with Crippen molar-refractivity contribution in [1.82, 2.24) is 0 Å². The number of nitrogens with zero attached hydrogens (tertiary/aromatic N) is 1. The van der Waals surface area contributed by atoms with Gasteiger partial charge in [-0.1, -0.05) is 0 Å². The fourth-order valence-corrected chi connectivity index (χ4v) is 0.974. The number of nitro benzene ring substituents is 1.